The maximum Gasteiger partial charge on any atom is 0.251 e. The lowest BCUT2D eigenvalue weighted by atomic mass is 10.1. The second kappa shape index (κ2) is 9.28. The van der Waals surface area contributed by atoms with E-state index in [0.717, 1.165) is 22.4 Å². The van der Waals surface area contributed by atoms with Crippen LogP contribution in [0.3, 0.4) is 0 Å². The van der Waals surface area contributed by atoms with Crippen molar-refractivity contribution in [2.45, 2.75) is 20.4 Å². The Morgan fingerprint density at radius 3 is 2.30 bits per heavy atom. The Labute approximate surface area is 166 Å². The summed E-state index contributed by atoms with van der Waals surface area (Å²) in [4.78, 5) is 12.1. The molecule has 2 aromatic rings. The molecule has 27 heavy (non-hydrogen) atoms. The number of benzene rings is 2. The lowest BCUT2D eigenvalue weighted by Crippen LogP contribution is -2.29. The average molecular weight is 407 g/mol. The molecule has 0 saturated carbocycles. The van der Waals surface area contributed by atoms with Crippen molar-refractivity contribution in [3.8, 4) is 0 Å². The summed E-state index contributed by atoms with van der Waals surface area (Å²) in [5, 5.41) is 2.86. The molecular weight excluding hydrogens is 380 g/mol. The highest BCUT2D eigenvalue weighted by atomic mass is 32.2. The SMILES string of the molecule is CSCCNC(=O)c1ccc(CN(c2ccc(C)c(C)c2)S(C)(=O)=O)cc1. The van der Waals surface area contributed by atoms with Crippen LogP contribution in [-0.2, 0) is 16.6 Å². The number of carbonyl (C=O) groups excluding carboxylic acids is 1. The zero-order chi connectivity index (χ0) is 20.0. The molecule has 0 radical (unpaired) electrons. The van der Waals surface area contributed by atoms with Crippen LogP contribution in [-0.4, -0.2) is 39.1 Å². The van der Waals surface area contributed by atoms with Crippen LogP contribution in [0.4, 0.5) is 5.69 Å². The molecule has 2 aromatic carbocycles. The fraction of sp³-hybridized carbons (Fsp3) is 0.350. The molecule has 1 N–H and O–H groups in total. The number of anilines is 1. The molecule has 0 aromatic heterocycles. The summed E-state index contributed by atoms with van der Waals surface area (Å²) in [5.41, 5.74) is 4.18. The van der Waals surface area contributed by atoms with Gasteiger partial charge in [-0.05, 0) is 61.1 Å². The normalized spacial score (nSPS) is 11.3. The Balaban J connectivity index is 2.18. The summed E-state index contributed by atoms with van der Waals surface area (Å²) >= 11 is 1.67. The zero-order valence-corrected chi connectivity index (χ0v) is 17.8. The van der Waals surface area contributed by atoms with Gasteiger partial charge in [-0.25, -0.2) is 8.42 Å². The number of hydrogen-bond acceptors (Lipinski definition) is 4. The zero-order valence-electron chi connectivity index (χ0n) is 16.2. The first-order valence-corrected chi connectivity index (χ1v) is 11.9. The van der Waals surface area contributed by atoms with Crippen molar-refractivity contribution >= 4 is 33.4 Å². The van der Waals surface area contributed by atoms with Crippen molar-refractivity contribution in [3.63, 3.8) is 0 Å². The number of hydrogen-bond donors (Lipinski definition) is 1. The summed E-state index contributed by atoms with van der Waals surface area (Å²) in [5.74, 6) is 0.744. The van der Waals surface area contributed by atoms with E-state index in [9.17, 15) is 13.2 Å². The molecule has 0 fully saturated rings. The number of thioether (sulfide) groups is 1. The molecule has 0 spiro atoms. The van der Waals surface area contributed by atoms with Crippen LogP contribution in [0.5, 0.6) is 0 Å². The predicted molar refractivity (Wildman–Crippen MR) is 114 cm³/mol. The van der Waals surface area contributed by atoms with Gasteiger partial charge >= 0.3 is 0 Å². The van der Waals surface area contributed by atoms with E-state index in [2.05, 4.69) is 5.32 Å². The van der Waals surface area contributed by atoms with Gasteiger partial charge in [-0.2, -0.15) is 11.8 Å². The molecule has 2 rings (SSSR count). The molecule has 146 valence electrons. The third-order valence-electron chi connectivity index (χ3n) is 4.31. The summed E-state index contributed by atoms with van der Waals surface area (Å²) < 4.78 is 26.0. The van der Waals surface area contributed by atoms with Crippen LogP contribution in [0.1, 0.15) is 27.0 Å². The minimum absolute atomic E-state index is 0.121. The highest BCUT2D eigenvalue weighted by Crippen LogP contribution is 2.23. The molecule has 0 unspecified atom stereocenters. The van der Waals surface area contributed by atoms with Gasteiger partial charge in [0.25, 0.3) is 5.91 Å². The molecule has 0 heterocycles. The number of sulfonamides is 1. The number of aryl methyl sites for hydroxylation is 2. The van der Waals surface area contributed by atoms with Crippen LogP contribution in [0.25, 0.3) is 0 Å². The second-order valence-corrected chi connectivity index (χ2v) is 9.38. The Morgan fingerprint density at radius 1 is 1.07 bits per heavy atom. The van der Waals surface area contributed by atoms with Gasteiger partial charge in [-0.3, -0.25) is 9.10 Å². The van der Waals surface area contributed by atoms with Crippen molar-refractivity contribution in [1.29, 1.82) is 0 Å². The van der Waals surface area contributed by atoms with Crippen LogP contribution >= 0.6 is 11.8 Å². The largest absolute Gasteiger partial charge is 0.351 e. The van der Waals surface area contributed by atoms with Gasteiger partial charge in [0.2, 0.25) is 10.0 Å². The van der Waals surface area contributed by atoms with Gasteiger partial charge in [0, 0.05) is 17.9 Å². The van der Waals surface area contributed by atoms with Crippen molar-refractivity contribution in [1.82, 2.24) is 5.32 Å². The third kappa shape index (κ3) is 6.01. The van der Waals surface area contributed by atoms with E-state index < -0.39 is 10.0 Å². The van der Waals surface area contributed by atoms with E-state index in [1.807, 2.05) is 38.3 Å². The van der Waals surface area contributed by atoms with Gasteiger partial charge in [0.15, 0.2) is 0 Å². The smallest absolute Gasteiger partial charge is 0.251 e. The first-order chi connectivity index (χ1) is 12.7. The number of amides is 1. The van der Waals surface area contributed by atoms with Crippen molar-refractivity contribution in [3.05, 3.63) is 64.7 Å². The Hall–Kier alpha value is -1.99. The van der Waals surface area contributed by atoms with Gasteiger partial charge in [0.1, 0.15) is 0 Å². The molecule has 7 heteroatoms. The Bertz CT molecular complexity index is 894. The maximum atomic E-state index is 12.3. The van der Waals surface area contributed by atoms with E-state index in [-0.39, 0.29) is 12.5 Å². The van der Waals surface area contributed by atoms with Gasteiger partial charge < -0.3 is 5.32 Å². The van der Waals surface area contributed by atoms with Gasteiger partial charge in [0.05, 0.1) is 18.5 Å². The lowest BCUT2D eigenvalue weighted by molar-refractivity contribution is 0.0956. The first kappa shape index (κ1) is 21.3. The third-order valence-corrected chi connectivity index (χ3v) is 6.07. The fourth-order valence-corrected chi connectivity index (χ4v) is 3.76. The molecule has 5 nitrogen and oxygen atoms in total. The maximum absolute atomic E-state index is 12.3. The molecular formula is C20H26N2O3S2. The number of carbonyl (C=O) groups is 1. The summed E-state index contributed by atoms with van der Waals surface area (Å²) in [6.45, 7) is 4.79. The van der Waals surface area contributed by atoms with Gasteiger partial charge in [-0.1, -0.05) is 18.2 Å². The quantitative estimate of drug-likeness (QED) is 0.683. The standard InChI is InChI=1S/C20H26N2O3S2/c1-15-5-10-19(13-16(15)2)22(27(4,24)25)14-17-6-8-18(9-7-17)20(23)21-11-12-26-3/h5-10,13H,11-12,14H2,1-4H3,(H,21,23). The van der Waals surface area contributed by atoms with E-state index >= 15 is 0 Å². The minimum Gasteiger partial charge on any atom is -0.351 e. The average Bonchev–Trinajstić information content (AvgIpc) is 2.62. The summed E-state index contributed by atoms with van der Waals surface area (Å²) in [6, 6.07) is 12.7. The first-order valence-electron chi connectivity index (χ1n) is 8.63. The van der Waals surface area contributed by atoms with E-state index in [4.69, 9.17) is 0 Å². The monoisotopic (exact) mass is 406 g/mol. The van der Waals surface area contributed by atoms with Crippen LogP contribution < -0.4 is 9.62 Å². The van der Waals surface area contributed by atoms with Crippen molar-refractivity contribution in [2.75, 3.05) is 29.1 Å². The topological polar surface area (TPSA) is 66.5 Å². The van der Waals surface area contributed by atoms with Crippen LogP contribution in [0.2, 0.25) is 0 Å². The number of nitrogens with zero attached hydrogens (tertiary/aromatic N) is 1. The minimum atomic E-state index is -3.44. The summed E-state index contributed by atoms with van der Waals surface area (Å²) in [7, 11) is -3.44. The second-order valence-electron chi connectivity index (χ2n) is 6.48. The fourth-order valence-electron chi connectivity index (χ4n) is 2.58. The Kier molecular flexibility index (Phi) is 7.33. The molecule has 0 saturated heterocycles. The van der Waals surface area contributed by atoms with Crippen molar-refractivity contribution in [2.24, 2.45) is 0 Å². The molecule has 0 aliphatic heterocycles. The van der Waals surface area contributed by atoms with Crippen LogP contribution in [0, 0.1) is 13.8 Å². The van der Waals surface area contributed by atoms with E-state index in [0.29, 0.717) is 17.8 Å². The predicted octanol–water partition coefficient (Wildman–Crippen LogP) is 3.36. The highest BCUT2D eigenvalue weighted by Gasteiger charge is 2.18. The number of rotatable bonds is 8. The van der Waals surface area contributed by atoms with Gasteiger partial charge in [-0.15, -0.1) is 0 Å². The molecule has 0 bridgehead atoms. The van der Waals surface area contributed by atoms with Crippen molar-refractivity contribution < 1.29 is 13.2 Å². The van der Waals surface area contributed by atoms with Crippen LogP contribution in [0.15, 0.2) is 42.5 Å². The Morgan fingerprint density at radius 2 is 1.74 bits per heavy atom. The van der Waals surface area contributed by atoms with E-state index in [1.165, 1.54) is 10.6 Å². The number of nitrogens with one attached hydrogen (secondary N) is 1. The summed E-state index contributed by atoms with van der Waals surface area (Å²) in [6.07, 6.45) is 3.19. The molecule has 1 amide bonds. The molecule has 0 aliphatic rings. The highest BCUT2D eigenvalue weighted by molar-refractivity contribution is 7.98. The van der Waals surface area contributed by atoms with E-state index in [1.54, 1.807) is 36.0 Å². The molecule has 0 aliphatic carbocycles. The molecule has 0 atom stereocenters. The lowest BCUT2D eigenvalue weighted by Gasteiger charge is -2.23.